The molecule has 0 unspecified atom stereocenters. The van der Waals surface area contributed by atoms with E-state index in [1.807, 2.05) is 5.32 Å². The molecule has 0 aliphatic rings. The summed E-state index contributed by atoms with van der Waals surface area (Å²) in [7, 11) is 0. The van der Waals surface area contributed by atoms with Gasteiger partial charge < -0.3 is 20.4 Å². The van der Waals surface area contributed by atoms with E-state index in [2.05, 4.69) is 4.98 Å². The Hall–Kier alpha value is -2.36. The number of alkyl halides is 3. The van der Waals surface area contributed by atoms with Crippen LogP contribution in [0.15, 0.2) is 18.3 Å². The molecule has 0 aliphatic heterocycles. The third-order valence-corrected chi connectivity index (χ3v) is 2.28. The van der Waals surface area contributed by atoms with Gasteiger partial charge in [-0.3, -0.25) is 0 Å². The quantitative estimate of drug-likeness (QED) is 0.757. The van der Waals surface area contributed by atoms with Crippen LogP contribution in [0.4, 0.5) is 23.7 Å². The third kappa shape index (κ3) is 5.26. The van der Waals surface area contributed by atoms with Crippen molar-refractivity contribution in [3.05, 3.63) is 24.0 Å². The number of carbonyl (C=O) groups excluding carboxylic acids is 1. The molecule has 10 heteroatoms. The Labute approximate surface area is 117 Å². The number of aromatic nitrogens is 1. The summed E-state index contributed by atoms with van der Waals surface area (Å²) in [5.41, 5.74) is -0.734. The van der Waals surface area contributed by atoms with Crippen LogP contribution < -0.4 is 5.32 Å². The van der Waals surface area contributed by atoms with E-state index in [1.54, 1.807) is 0 Å². The van der Waals surface area contributed by atoms with Crippen molar-refractivity contribution >= 4 is 17.7 Å². The number of amides is 2. The highest BCUT2D eigenvalue weighted by Gasteiger charge is 2.33. The number of hydrogen-bond acceptors (Lipinski definition) is 4. The highest BCUT2D eigenvalue weighted by Crippen LogP contribution is 2.18. The number of halogens is 3. The zero-order chi connectivity index (χ0) is 16.0. The van der Waals surface area contributed by atoms with Gasteiger partial charge in [-0.1, -0.05) is 0 Å². The molecule has 7 nitrogen and oxygen atoms in total. The van der Waals surface area contributed by atoms with Gasteiger partial charge in [0.2, 0.25) is 0 Å². The molecule has 0 spiro atoms. The Morgan fingerprint density at radius 2 is 2.05 bits per heavy atom. The maximum absolute atomic E-state index is 12.3. The average Bonchev–Trinajstić information content (AvgIpc) is 2.37. The number of carbonyl (C=O) groups is 2. The van der Waals surface area contributed by atoms with Gasteiger partial charge in [-0.15, -0.1) is 0 Å². The number of anilines is 1. The standard InChI is InChI=1S/C11H12F3N3O4/c12-11(13,14)6-17(4-5-18)10(21)16-7-2-1-3-15-8(7)9(19)20/h1-3,18H,4-6H2,(H,16,21)(H,19,20). The third-order valence-electron chi connectivity index (χ3n) is 2.28. The molecule has 1 rings (SSSR count). The molecule has 116 valence electrons. The highest BCUT2D eigenvalue weighted by atomic mass is 19.4. The van der Waals surface area contributed by atoms with Crippen LogP contribution in [0.1, 0.15) is 10.5 Å². The molecule has 0 aliphatic carbocycles. The lowest BCUT2D eigenvalue weighted by molar-refractivity contribution is -0.140. The van der Waals surface area contributed by atoms with Gasteiger partial charge in [0.15, 0.2) is 5.69 Å². The predicted molar refractivity (Wildman–Crippen MR) is 64.9 cm³/mol. The van der Waals surface area contributed by atoms with E-state index in [0.717, 1.165) is 0 Å². The highest BCUT2D eigenvalue weighted by molar-refractivity contribution is 5.98. The van der Waals surface area contributed by atoms with E-state index in [-0.39, 0.29) is 5.69 Å². The molecule has 0 aromatic carbocycles. The van der Waals surface area contributed by atoms with Gasteiger partial charge >= 0.3 is 18.2 Å². The first-order chi connectivity index (χ1) is 9.74. The van der Waals surface area contributed by atoms with Crippen LogP contribution in [0.5, 0.6) is 0 Å². The van der Waals surface area contributed by atoms with Crippen molar-refractivity contribution in [1.29, 1.82) is 0 Å². The minimum atomic E-state index is -4.64. The summed E-state index contributed by atoms with van der Waals surface area (Å²) in [4.78, 5) is 26.4. The zero-order valence-corrected chi connectivity index (χ0v) is 10.6. The topological polar surface area (TPSA) is 103 Å². The fourth-order valence-electron chi connectivity index (χ4n) is 1.46. The normalized spacial score (nSPS) is 11.0. The zero-order valence-electron chi connectivity index (χ0n) is 10.6. The van der Waals surface area contributed by atoms with Crippen LogP contribution in [0.2, 0.25) is 0 Å². The second-order valence-corrected chi connectivity index (χ2v) is 3.90. The smallest absolute Gasteiger partial charge is 0.406 e. The van der Waals surface area contributed by atoms with Gasteiger partial charge in [-0.25, -0.2) is 14.6 Å². The summed E-state index contributed by atoms with van der Waals surface area (Å²) in [6.07, 6.45) is -3.47. The molecule has 3 N–H and O–H groups in total. The number of urea groups is 1. The van der Waals surface area contributed by atoms with Crippen LogP contribution in [-0.4, -0.2) is 58.0 Å². The van der Waals surface area contributed by atoms with Gasteiger partial charge in [0.1, 0.15) is 6.54 Å². The summed E-state index contributed by atoms with van der Waals surface area (Å²) in [6.45, 7) is -2.78. The van der Waals surface area contributed by atoms with Crippen LogP contribution in [-0.2, 0) is 0 Å². The first-order valence-electron chi connectivity index (χ1n) is 5.66. The number of rotatable bonds is 5. The molecule has 2 amide bonds. The molecule has 0 bridgehead atoms. The van der Waals surface area contributed by atoms with Crippen LogP contribution >= 0.6 is 0 Å². The van der Waals surface area contributed by atoms with Crippen molar-refractivity contribution in [2.24, 2.45) is 0 Å². The summed E-state index contributed by atoms with van der Waals surface area (Å²) in [5, 5.41) is 19.6. The number of aromatic carboxylic acids is 1. The first-order valence-corrected chi connectivity index (χ1v) is 5.66. The van der Waals surface area contributed by atoms with Gasteiger partial charge in [-0.2, -0.15) is 13.2 Å². The Kier molecular flexibility index (Phi) is 5.47. The van der Waals surface area contributed by atoms with Crippen molar-refractivity contribution in [2.45, 2.75) is 6.18 Å². The van der Waals surface area contributed by atoms with Crippen molar-refractivity contribution < 1.29 is 33.0 Å². The molecule has 0 saturated carbocycles. The van der Waals surface area contributed by atoms with E-state index < -0.39 is 43.6 Å². The molecule has 1 heterocycles. The monoisotopic (exact) mass is 307 g/mol. The molecular weight excluding hydrogens is 295 g/mol. The van der Waals surface area contributed by atoms with E-state index in [9.17, 15) is 22.8 Å². The molecular formula is C11H12F3N3O4. The minimum Gasteiger partial charge on any atom is -0.476 e. The molecule has 1 aromatic heterocycles. The Bertz CT molecular complexity index is 522. The SMILES string of the molecule is O=C(O)c1ncccc1NC(=O)N(CCO)CC(F)(F)F. The number of carboxylic acids is 1. The Morgan fingerprint density at radius 3 is 2.57 bits per heavy atom. The number of carboxylic acid groups (broad SMARTS) is 1. The molecule has 0 atom stereocenters. The maximum Gasteiger partial charge on any atom is 0.406 e. The minimum absolute atomic E-state index is 0.236. The second kappa shape index (κ2) is 6.88. The lowest BCUT2D eigenvalue weighted by Crippen LogP contribution is -2.43. The number of aliphatic hydroxyl groups is 1. The van der Waals surface area contributed by atoms with Crippen molar-refractivity contribution in [2.75, 3.05) is 25.0 Å². The summed E-state index contributed by atoms with van der Waals surface area (Å²) >= 11 is 0. The summed E-state index contributed by atoms with van der Waals surface area (Å²) < 4.78 is 37.0. The Morgan fingerprint density at radius 1 is 1.38 bits per heavy atom. The average molecular weight is 307 g/mol. The van der Waals surface area contributed by atoms with Crippen LogP contribution in [0, 0.1) is 0 Å². The van der Waals surface area contributed by atoms with E-state index >= 15 is 0 Å². The van der Waals surface area contributed by atoms with Crippen LogP contribution in [0.25, 0.3) is 0 Å². The van der Waals surface area contributed by atoms with E-state index in [1.165, 1.54) is 18.3 Å². The van der Waals surface area contributed by atoms with Gasteiger partial charge in [0.25, 0.3) is 0 Å². The number of nitrogens with zero attached hydrogens (tertiary/aromatic N) is 2. The fourth-order valence-corrected chi connectivity index (χ4v) is 1.46. The van der Waals surface area contributed by atoms with Gasteiger partial charge in [-0.05, 0) is 12.1 Å². The molecule has 1 aromatic rings. The second-order valence-electron chi connectivity index (χ2n) is 3.90. The van der Waals surface area contributed by atoms with Crippen molar-refractivity contribution in [1.82, 2.24) is 9.88 Å². The molecule has 0 saturated heterocycles. The number of nitrogens with one attached hydrogen (secondary N) is 1. The maximum atomic E-state index is 12.3. The van der Waals surface area contributed by atoms with Crippen LogP contribution in [0.3, 0.4) is 0 Å². The summed E-state index contributed by atoms with van der Waals surface area (Å²) in [6, 6.07) is 1.33. The van der Waals surface area contributed by atoms with Crippen molar-refractivity contribution in [3.8, 4) is 0 Å². The Balaban J connectivity index is 2.89. The predicted octanol–water partition coefficient (Wildman–Crippen LogP) is 1.17. The van der Waals surface area contributed by atoms with E-state index in [4.69, 9.17) is 10.2 Å². The lowest BCUT2D eigenvalue weighted by atomic mass is 10.3. The van der Waals surface area contributed by atoms with Gasteiger partial charge in [0.05, 0.1) is 12.3 Å². The molecule has 0 radical (unpaired) electrons. The number of hydrogen-bond donors (Lipinski definition) is 3. The fraction of sp³-hybridized carbons (Fsp3) is 0.364. The van der Waals surface area contributed by atoms with Gasteiger partial charge in [0, 0.05) is 12.7 Å². The summed E-state index contributed by atoms with van der Waals surface area (Å²) in [5.74, 6) is -1.43. The number of aliphatic hydroxyl groups excluding tert-OH is 1. The van der Waals surface area contributed by atoms with E-state index in [0.29, 0.717) is 4.90 Å². The van der Waals surface area contributed by atoms with Crippen molar-refractivity contribution in [3.63, 3.8) is 0 Å². The molecule has 21 heavy (non-hydrogen) atoms. The number of pyridine rings is 1. The lowest BCUT2D eigenvalue weighted by Gasteiger charge is -2.23. The first kappa shape index (κ1) is 16.7. The largest absolute Gasteiger partial charge is 0.476 e. The molecule has 0 fully saturated rings.